The number of carbonyl (C=O) groups excluding carboxylic acids is 1. The number of amides is 1. The monoisotopic (exact) mass is 419 g/mol. The number of rotatable bonds is 3. The van der Waals surface area contributed by atoms with Crippen LogP contribution in [0.25, 0.3) is 11.3 Å². The summed E-state index contributed by atoms with van der Waals surface area (Å²) in [7, 11) is 1.95. The Kier molecular flexibility index (Phi) is 4.61. The van der Waals surface area contributed by atoms with Gasteiger partial charge in [0.25, 0.3) is 5.91 Å². The number of para-hydroxylation sites is 2. The lowest BCUT2D eigenvalue weighted by Crippen LogP contribution is -2.49. The number of aromatic hydroxyl groups is 1. The molecule has 2 aliphatic rings. The van der Waals surface area contributed by atoms with Crippen LogP contribution in [0.5, 0.6) is 17.2 Å². The molecule has 0 radical (unpaired) electrons. The van der Waals surface area contributed by atoms with Gasteiger partial charge in [0.05, 0.1) is 24.1 Å². The second kappa shape index (κ2) is 7.34. The van der Waals surface area contributed by atoms with E-state index in [0.717, 1.165) is 22.6 Å². The molecule has 7 heteroatoms. The van der Waals surface area contributed by atoms with Crippen molar-refractivity contribution in [3.8, 4) is 28.5 Å². The quantitative estimate of drug-likeness (QED) is 0.700. The Hall–Kier alpha value is -3.48. The average Bonchev–Trinajstić information content (AvgIpc) is 3.18. The van der Waals surface area contributed by atoms with Crippen LogP contribution < -0.4 is 9.47 Å². The first kappa shape index (κ1) is 19.5. The molecule has 2 aromatic carbocycles. The SMILES string of the molecule is CCOc1cccc(C(=O)N2CCC3(CC2)Oc2ccccc2-c2c3cnn2C)c1O. The highest BCUT2D eigenvalue weighted by Gasteiger charge is 2.46. The summed E-state index contributed by atoms with van der Waals surface area (Å²) in [4.78, 5) is 14.9. The minimum Gasteiger partial charge on any atom is -0.504 e. The van der Waals surface area contributed by atoms with Gasteiger partial charge in [-0.1, -0.05) is 18.2 Å². The fourth-order valence-electron chi connectivity index (χ4n) is 4.69. The molecule has 3 aromatic rings. The van der Waals surface area contributed by atoms with E-state index in [-0.39, 0.29) is 17.2 Å². The molecule has 0 bridgehead atoms. The van der Waals surface area contributed by atoms with Crippen molar-refractivity contribution < 1.29 is 19.4 Å². The fraction of sp³-hybridized carbons (Fsp3) is 0.333. The third kappa shape index (κ3) is 3.03. The fourth-order valence-corrected chi connectivity index (χ4v) is 4.69. The Bertz CT molecular complexity index is 1150. The number of likely N-dealkylation sites (tertiary alicyclic amines) is 1. The molecule has 0 aliphatic carbocycles. The average molecular weight is 419 g/mol. The number of hydrogen-bond donors (Lipinski definition) is 1. The molecule has 3 heterocycles. The molecule has 0 unspecified atom stereocenters. The number of aromatic nitrogens is 2. The maximum absolute atomic E-state index is 13.1. The molecule has 31 heavy (non-hydrogen) atoms. The van der Waals surface area contributed by atoms with Crippen molar-refractivity contribution in [2.45, 2.75) is 25.4 Å². The van der Waals surface area contributed by atoms with Crippen molar-refractivity contribution in [3.63, 3.8) is 0 Å². The van der Waals surface area contributed by atoms with Crippen LogP contribution in [0.2, 0.25) is 0 Å². The molecule has 1 saturated heterocycles. The predicted molar refractivity (Wildman–Crippen MR) is 115 cm³/mol. The molecule has 5 rings (SSSR count). The smallest absolute Gasteiger partial charge is 0.257 e. The summed E-state index contributed by atoms with van der Waals surface area (Å²) < 4.78 is 13.9. The van der Waals surface area contributed by atoms with Gasteiger partial charge in [0, 0.05) is 44.1 Å². The molecular weight excluding hydrogens is 394 g/mol. The van der Waals surface area contributed by atoms with Crippen LogP contribution in [0, 0.1) is 0 Å². The molecule has 1 aromatic heterocycles. The van der Waals surface area contributed by atoms with Crippen LogP contribution in [0.3, 0.4) is 0 Å². The first-order valence-corrected chi connectivity index (χ1v) is 10.6. The van der Waals surface area contributed by atoms with Crippen LogP contribution >= 0.6 is 0 Å². The summed E-state index contributed by atoms with van der Waals surface area (Å²) >= 11 is 0. The third-order valence-electron chi connectivity index (χ3n) is 6.26. The van der Waals surface area contributed by atoms with E-state index < -0.39 is 5.60 Å². The summed E-state index contributed by atoms with van der Waals surface area (Å²) in [5, 5.41) is 15.0. The van der Waals surface area contributed by atoms with Gasteiger partial charge < -0.3 is 19.5 Å². The van der Waals surface area contributed by atoms with Crippen molar-refractivity contribution in [1.82, 2.24) is 14.7 Å². The number of fused-ring (bicyclic) bond motifs is 4. The highest BCUT2D eigenvalue weighted by molar-refractivity contribution is 5.97. The largest absolute Gasteiger partial charge is 0.504 e. The van der Waals surface area contributed by atoms with Crippen molar-refractivity contribution in [3.05, 3.63) is 59.8 Å². The van der Waals surface area contributed by atoms with Crippen LogP contribution in [0.15, 0.2) is 48.7 Å². The Balaban J connectivity index is 1.41. The van der Waals surface area contributed by atoms with Crippen molar-refractivity contribution in [1.29, 1.82) is 0 Å². The molecule has 0 atom stereocenters. The number of piperidine rings is 1. The number of phenolic OH excluding ortho intramolecular Hbond substituents is 1. The Morgan fingerprint density at radius 2 is 1.97 bits per heavy atom. The number of ether oxygens (including phenoxy) is 2. The highest BCUT2D eigenvalue weighted by atomic mass is 16.5. The van der Waals surface area contributed by atoms with Gasteiger partial charge in [0.2, 0.25) is 0 Å². The van der Waals surface area contributed by atoms with Gasteiger partial charge in [0.15, 0.2) is 11.5 Å². The van der Waals surface area contributed by atoms with Gasteiger partial charge in [-0.2, -0.15) is 5.10 Å². The van der Waals surface area contributed by atoms with Crippen LogP contribution in [-0.4, -0.2) is 45.4 Å². The van der Waals surface area contributed by atoms with E-state index in [0.29, 0.717) is 38.3 Å². The van der Waals surface area contributed by atoms with Gasteiger partial charge in [0.1, 0.15) is 11.4 Å². The van der Waals surface area contributed by atoms with Gasteiger partial charge in [-0.25, -0.2) is 0 Å². The molecular formula is C24H25N3O4. The number of carbonyl (C=O) groups is 1. The number of benzene rings is 2. The molecule has 1 amide bonds. The Morgan fingerprint density at radius 1 is 1.19 bits per heavy atom. The second-order valence-electron chi connectivity index (χ2n) is 8.00. The minimum atomic E-state index is -0.510. The normalized spacial score (nSPS) is 16.4. The Labute approximate surface area is 180 Å². The predicted octanol–water partition coefficient (Wildman–Crippen LogP) is 3.72. The lowest BCUT2D eigenvalue weighted by molar-refractivity contribution is -0.00180. The van der Waals surface area contributed by atoms with E-state index in [9.17, 15) is 9.90 Å². The molecule has 7 nitrogen and oxygen atoms in total. The second-order valence-corrected chi connectivity index (χ2v) is 8.00. The van der Waals surface area contributed by atoms with Crippen LogP contribution in [-0.2, 0) is 12.6 Å². The molecule has 2 aliphatic heterocycles. The number of nitrogens with zero attached hydrogens (tertiary/aromatic N) is 3. The first-order chi connectivity index (χ1) is 15.0. The molecule has 1 N–H and O–H groups in total. The molecule has 160 valence electrons. The topological polar surface area (TPSA) is 76.8 Å². The minimum absolute atomic E-state index is 0.105. The van der Waals surface area contributed by atoms with E-state index in [1.54, 1.807) is 23.1 Å². The van der Waals surface area contributed by atoms with Crippen LogP contribution in [0.4, 0.5) is 0 Å². The maximum atomic E-state index is 13.1. The first-order valence-electron chi connectivity index (χ1n) is 10.6. The molecule has 1 fully saturated rings. The standard InChI is InChI=1S/C24H25N3O4/c1-3-30-20-10-6-8-17(22(20)28)23(29)27-13-11-24(12-14-27)18-15-25-26(2)21(18)16-7-4-5-9-19(16)31-24/h4-10,15,28H,3,11-14H2,1-2H3. The van der Waals surface area contributed by atoms with Crippen molar-refractivity contribution in [2.75, 3.05) is 19.7 Å². The zero-order chi connectivity index (χ0) is 21.6. The van der Waals surface area contributed by atoms with Crippen molar-refractivity contribution >= 4 is 5.91 Å². The lowest BCUT2D eigenvalue weighted by atomic mass is 9.81. The van der Waals surface area contributed by atoms with Gasteiger partial charge in [-0.05, 0) is 31.2 Å². The zero-order valence-electron chi connectivity index (χ0n) is 17.7. The van der Waals surface area contributed by atoms with Gasteiger partial charge >= 0.3 is 0 Å². The number of phenols is 1. The summed E-state index contributed by atoms with van der Waals surface area (Å²) in [6.45, 7) is 3.30. The number of hydrogen-bond acceptors (Lipinski definition) is 5. The molecule has 0 saturated carbocycles. The van der Waals surface area contributed by atoms with E-state index in [1.165, 1.54) is 0 Å². The Morgan fingerprint density at radius 3 is 2.74 bits per heavy atom. The summed E-state index contributed by atoms with van der Waals surface area (Å²) in [6.07, 6.45) is 3.19. The molecule has 1 spiro atoms. The van der Waals surface area contributed by atoms with Gasteiger partial charge in [-0.3, -0.25) is 9.48 Å². The van der Waals surface area contributed by atoms with E-state index in [4.69, 9.17) is 9.47 Å². The summed E-state index contributed by atoms with van der Waals surface area (Å²) in [5.41, 5.74) is 2.94. The highest BCUT2D eigenvalue weighted by Crippen LogP contribution is 2.49. The lowest BCUT2D eigenvalue weighted by Gasteiger charge is -2.44. The third-order valence-corrected chi connectivity index (χ3v) is 6.26. The van der Waals surface area contributed by atoms with E-state index in [2.05, 4.69) is 11.2 Å². The van der Waals surface area contributed by atoms with Gasteiger partial charge in [-0.15, -0.1) is 0 Å². The maximum Gasteiger partial charge on any atom is 0.257 e. The van der Waals surface area contributed by atoms with Crippen molar-refractivity contribution in [2.24, 2.45) is 7.05 Å². The number of aryl methyl sites for hydroxylation is 1. The summed E-state index contributed by atoms with van der Waals surface area (Å²) in [6, 6.07) is 13.0. The zero-order valence-corrected chi connectivity index (χ0v) is 17.7. The van der Waals surface area contributed by atoms with E-state index >= 15 is 0 Å². The van der Waals surface area contributed by atoms with Crippen LogP contribution in [0.1, 0.15) is 35.7 Å². The summed E-state index contributed by atoms with van der Waals surface area (Å²) in [5.74, 6) is 0.873. The van der Waals surface area contributed by atoms with E-state index in [1.807, 2.05) is 43.0 Å².